The first kappa shape index (κ1) is 17.3. The average molecular weight is 307 g/mol. The van der Waals surface area contributed by atoms with Crippen LogP contribution in [0.1, 0.15) is 51.0 Å². The van der Waals surface area contributed by atoms with Crippen LogP contribution in [0.5, 0.6) is 5.75 Å². The molecule has 0 amide bonds. The summed E-state index contributed by atoms with van der Waals surface area (Å²) in [5.41, 5.74) is 0.535. The van der Waals surface area contributed by atoms with E-state index in [2.05, 4.69) is 11.8 Å². The molecule has 22 heavy (non-hydrogen) atoms. The van der Waals surface area contributed by atoms with Gasteiger partial charge in [0.2, 0.25) is 0 Å². The van der Waals surface area contributed by atoms with Crippen molar-refractivity contribution in [2.45, 2.75) is 51.2 Å². The first-order valence-corrected chi connectivity index (χ1v) is 8.52. The fourth-order valence-corrected chi connectivity index (χ4v) is 2.79. The Morgan fingerprint density at radius 1 is 1.09 bits per heavy atom. The molecular formula is C18H29NO3. The average Bonchev–Trinajstić information content (AvgIpc) is 2.55. The molecule has 0 aromatic heterocycles. The van der Waals surface area contributed by atoms with Gasteiger partial charge in [0.1, 0.15) is 5.75 Å². The SMILES string of the molecule is CCCCOc1ccc(C(O)(O)CCN2CCCCC2)cc1. The summed E-state index contributed by atoms with van der Waals surface area (Å²) in [6, 6.07) is 7.12. The minimum atomic E-state index is -1.76. The van der Waals surface area contributed by atoms with Crippen LogP contribution in [0.25, 0.3) is 0 Å². The molecule has 0 radical (unpaired) electrons. The lowest BCUT2D eigenvalue weighted by Crippen LogP contribution is -2.36. The van der Waals surface area contributed by atoms with Crippen LogP contribution < -0.4 is 4.74 Å². The van der Waals surface area contributed by atoms with Crippen molar-refractivity contribution >= 4 is 0 Å². The van der Waals surface area contributed by atoms with Crippen LogP contribution in [-0.4, -0.2) is 41.4 Å². The number of aliphatic hydroxyl groups is 2. The summed E-state index contributed by atoms with van der Waals surface area (Å²) >= 11 is 0. The predicted octanol–water partition coefficient (Wildman–Crippen LogP) is 2.88. The van der Waals surface area contributed by atoms with E-state index in [1.165, 1.54) is 19.3 Å². The number of unbranched alkanes of at least 4 members (excludes halogenated alkanes) is 1. The highest BCUT2D eigenvalue weighted by molar-refractivity contribution is 5.29. The maximum atomic E-state index is 10.3. The highest BCUT2D eigenvalue weighted by Gasteiger charge is 2.26. The van der Waals surface area contributed by atoms with Gasteiger partial charge < -0.3 is 19.8 Å². The van der Waals surface area contributed by atoms with Crippen molar-refractivity contribution in [2.75, 3.05) is 26.2 Å². The maximum absolute atomic E-state index is 10.3. The zero-order valence-electron chi connectivity index (χ0n) is 13.6. The Labute approximate surface area is 133 Å². The number of hydrogen-bond acceptors (Lipinski definition) is 4. The van der Waals surface area contributed by atoms with Gasteiger partial charge in [0.05, 0.1) is 6.61 Å². The number of piperidine rings is 1. The molecule has 0 saturated carbocycles. The molecule has 0 spiro atoms. The molecule has 0 atom stereocenters. The second-order valence-electron chi connectivity index (χ2n) is 6.20. The van der Waals surface area contributed by atoms with Gasteiger partial charge in [-0.1, -0.05) is 19.8 Å². The van der Waals surface area contributed by atoms with Crippen molar-refractivity contribution in [3.05, 3.63) is 29.8 Å². The molecule has 1 aromatic rings. The van der Waals surface area contributed by atoms with Gasteiger partial charge in [-0.3, -0.25) is 0 Å². The Balaban J connectivity index is 1.85. The second kappa shape index (κ2) is 8.51. The van der Waals surface area contributed by atoms with Gasteiger partial charge in [-0.2, -0.15) is 0 Å². The van der Waals surface area contributed by atoms with E-state index in [0.29, 0.717) is 18.6 Å². The zero-order valence-corrected chi connectivity index (χ0v) is 13.6. The molecule has 1 fully saturated rings. The summed E-state index contributed by atoms with van der Waals surface area (Å²) in [6.07, 6.45) is 6.19. The Bertz CT molecular complexity index is 424. The lowest BCUT2D eigenvalue weighted by molar-refractivity contribution is -0.177. The lowest BCUT2D eigenvalue weighted by atomic mass is 10.0. The number of nitrogens with zero attached hydrogens (tertiary/aromatic N) is 1. The van der Waals surface area contributed by atoms with Crippen molar-refractivity contribution in [1.29, 1.82) is 0 Å². The summed E-state index contributed by atoms with van der Waals surface area (Å²) in [5, 5.41) is 20.6. The van der Waals surface area contributed by atoms with E-state index in [1.807, 2.05) is 12.1 Å². The van der Waals surface area contributed by atoms with Gasteiger partial charge in [0, 0.05) is 18.5 Å². The third-order valence-corrected chi connectivity index (χ3v) is 4.31. The number of hydrogen-bond donors (Lipinski definition) is 2. The van der Waals surface area contributed by atoms with Gasteiger partial charge in [-0.15, -0.1) is 0 Å². The second-order valence-corrected chi connectivity index (χ2v) is 6.20. The molecule has 2 N–H and O–H groups in total. The lowest BCUT2D eigenvalue weighted by Gasteiger charge is -2.30. The monoisotopic (exact) mass is 307 g/mol. The van der Waals surface area contributed by atoms with Crippen molar-refractivity contribution in [3.63, 3.8) is 0 Å². The van der Waals surface area contributed by atoms with Gasteiger partial charge in [-0.25, -0.2) is 0 Å². The molecule has 1 aliphatic rings. The van der Waals surface area contributed by atoms with E-state index in [-0.39, 0.29) is 0 Å². The fourth-order valence-electron chi connectivity index (χ4n) is 2.79. The summed E-state index contributed by atoms with van der Waals surface area (Å²) in [6.45, 7) is 5.69. The number of benzene rings is 1. The minimum absolute atomic E-state index is 0.336. The summed E-state index contributed by atoms with van der Waals surface area (Å²) in [5.74, 6) is -0.983. The van der Waals surface area contributed by atoms with Crippen LogP contribution in [0.15, 0.2) is 24.3 Å². The van der Waals surface area contributed by atoms with Crippen molar-refractivity contribution in [3.8, 4) is 5.75 Å². The summed E-state index contributed by atoms with van der Waals surface area (Å²) in [7, 11) is 0. The van der Waals surface area contributed by atoms with E-state index in [1.54, 1.807) is 12.1 Å². The third-order valence-electron chi connectivity index (χ3n) is 4.31. The van der Waals surface area contributed by atoms with Crippen LogP contribution in [0.3, 0.4) is 0 Å². The molecule has 4 nitrogen and oxygen atoms in total. The van der Waals surface area contributed by atoms with Crippen LogP contribution in [-0.2, 0) is 5.79 Å². The normalized spacial score (nSPS) is 16.7. The smallest absolute Gasteiger partial charge is 0.190 e. The Kier molecular flexibility index (Phi) is 6.68. The molecule has 0 bridgehead atoms. The highest BCUT2D eigenvalue weighted by Crippen LogP contribution is 2.25. The molecular weight excluding hydrogens is 278 g/mol. The van der Waals surface area contributed by atoms with Gasteiger partial charge in [0.25, 0.3) is 0 Å². The van der Waals surface area contributed by atoms with E-state index < -0.39 is 5.79 Å². The zero-order chi connectivity index (χ0) is 15.8. The van der Waals surface area contributed by atoms with Crippen LogP contribution >= 0.6 is 0 Å². The van der Waals surface area contributed by atoms with Gasteiger partial charge >= 0.3 is 0 Å². The molecule has 2 rings (SSSR count). The molecule has 4 heteroatoms. The van der Waals surface area contributed by atoms with E-state index >= 15 is 0 Å². The van der Waals surface area contributed by atoms with Crippen molar-refractivity contribution in [1.82, 2.24) is 4.90 Å². The first-order chi connectivity index (χ1) is 10.6. The van der Waals surface area contributed by atoms with E-state index in [4.69, 9.17) is 4.74 Å². The fraction of sp³-hybridized carbons (Fsp3) is 0.667. The minimum Gasteiger partial charge on any atom is -0.494 e. The molecule has 1 aromatic carbocycles. The largest absolute Gasteiger partial charge is 0.494 e. The van der Waals surface area contributed by atoms with Gasteiger partial charge in [0.15, 0.2) is 5.79 Å². The number of ether oxygens (including phenoxy) is 1. The number of rotatable bonds is 8. The summed E-state index contributed by atoms with van der Waals surface area (Å²) < 4.78 is 5.60. The summed E-state index contributed by atoms with van der Waals surface area (Å²) in [4.78, 5) is 2.31. The quantitative estimate of drug-likeness (QED) is 0.573. The standard InChI is InChI=1S/C18H29NO3/c1-2-3-15-22-17-9-7-16(8-10-17)18(20,21)11-14-19-12-5-4-6-13-19/h7-10,20-21H,2-6,11-15H2,1H3. The van der Waals surface area contributed by atoms with E-state index in [9.17, 15) is 10.2 Å². The number of likely N-dealkylation sites (tertiary alicyclic amines) is 1. The molecule has 0 aliphatic carbocycles. The third kappa shape index (κ3) is 5.27. The molecule has 1 aliphatic heterocycles. The Hall–Kier alpha value is -1.10. The van der Waals surface area contributed by atoms with Crippen LogP contribution in [0.2, 0.25) is 0 Å². The van der Waals surface area contributed by atoms with Crippen molar-refractivity contribution < 1.29 is 14.9 Å². The Morgan fingerprint density at radius 3 is 2.41 bits per heavy atom. The topological polar surface area (TPSA) is 52.9 Å². The molecule has 1 saturated heterocycles. The maximum Gasteiger partial charge on any atom is 0.190 e. The first-order valence-electron chi connectivity index (χ1n) is 8.52. The Morgan fingerprint density at radius 2 is 1.77 bits per heavy atom. The van der Waals surface area contributed by atoms with Gasteiger partial charge in [-0.05, 0) is 56.6 Å². The molecule has 1 heterocycles. The predicted molar refractivity (Wildman–Crippen MR) is 87.9 cm³/mol. The molecule has 124 valence electrons. The van der Waals surface area contributed by atoms with Crippen LogP contribution in [0, 0.1) is 0 Å². The van der Waals surface area contributed by atoms with Crippen LogP contribution in [0.4, 0.5) is 0 Å². The van der Waals surface area contributed by atoms with E-state index in [0.717, 1.165) is 38.2 Å². The highest BCUT2D eigenvalue weighted by atomic mass is 16.5. The van der Waals surface area contributed by atoms with Crippen molar-refractivity contribution in [2.24, 2.45) is 0 Å². The molecule has 0 unspecified atom stereocenters.